The van der Waals surface area contributed by atoms with Crippen molar-refractivity contribution in [2.45, 2.75) is 19.8 Å². The van der Waals surface area contributed by atoms with E-state index in [1.807, 2.05) is 6.92 Å². The van der Waals surface area contributed by atoms with E-state index in [2.05, 4.69) is 15.6 Å². The van der Waals surface area contributed by atoms with Crippen molar-refractivity contribution in [3.05, 3.63) is 42.1 Å². The summed E-state index contributed by atoms with van der Waals surface area (Å²) < 4.78 is 5.67. The Bertz CT molecular complexity index is 743. The number of hydrogen-bond acceptors (Lipinski definition) is 4. The molecule has 2 heterocycles. The number of nitrogens with zero attached hydrogens (tertiary/aromatic N) is 1. The van der Waals surface area contributed by atoms with Gasteiger partial charge in [-0.2, -0.15) is 0 Å². The number of anilines is 2. The summed E-state index contributed by atoms with van der Waals surface area (Å²) in [5.41, 5.74) is 1.43. The Morgan fingerprint density at radius 1 is 1.36 bits per heavy atom. The van der Waals surface area contributed by atoms with Gasteiger partial charge in [-0.25, -0.2) is 4.98 Å². The smallest absolute Gasteiger partial charge is 0.259 e. The van der Waals surface area contributed by atoms with Gasteiger partial charge in [-0.1, -0.05) is 6.92 Å². The molecule has 0 radical (unpaired) electrons. The highest BCUT2D eigenvalue weighted by molar-refractivity contribution is 6.08. The first-order valence-corrected chi connectivity index (χ1v) is 7.05. The predicted molar refractivity (Wildman–Crippen MR) is 82.2 cm³/mol. The van der Waals surface area contributed by atoms with Crippen molar-refractivity contribution in [3.8, 4) is 11.6 Å². The van der Waals surface area contributed by atoms with E-state index in [-0.39, 0.29) is 11.8 Å². The van der Waals surface area contributed by atoms with Crippen LogP contribution in [0.5, 0.6) is 11.6 Å². The normalized spacial score (nSPS) is 12.3. The van der Waals surface area contributed by atoms with Crippen LogP contribution in [-0.4, -0.2) is 16.8 Å². The van der Waals surface area contributed by atoms with Gasteiger partial charge in [-0.3, -0.25) is 9.59 Å². The number of aromatic nitrogens is 1. The highest BCUT2D eigenvalue weighted by Crippen LogP contribution is 2.34. The molecule has 0 atom stereocenters. The second-order valence-corrected chi connectivity index (χ2v) is 4.92. The molecule has 0 fully saturated rings. The molecule has 3 rings (SSSR count). The molecule has 6 heteroatoms. The average molecular weight is 297 g/mol. The minimum Gasteiger partial charge on any atom is -0.436 e. The average Bonchev–Trinajstić information content (AvgIpc) is 2.64. The molecule has 2 N–H and O–H groups in total. The number of hydrogen-bond donors (Lipinski definition) is 2. The Morgan fingerprint density at radius 3 is 3.05 bits per heavy atom. The monoisotopic (exact) mass is 297 g/mol. The maximum atomic E-state index is 12.3. The molecular formula is C16H15N3O3. The lowest BCUT2D eigenvalue weighted by Crippen LogP contribution is -2.13. The zero-order valence-electron chi connectivity index (χ0n) is 12.1. The van der Waals surface area contributed by atoms with Crippen LogP contribution in [0.4, 0.5) is 11.4 Å². The van der Waals surface area contributed by atoms with Gasteiger partial charge in [0.1, 0.15) is 11.4 Å². The number of nitrogens with one attached hydrogen (secondary N) is 2. The molecule has 1 aromatic heterocycles. The van der Waals surface area contributed by atoms with Crippen molar-refractivity contribution < 1.29 is 14.3 Å². The molecule has 0 saturated carbocycles. The molecule has 0 aliphatic carbocycles. The molecule has 1 aliphatic rings. The highest BCUT2D eigenvalue weighted by atomic mass is 16.5. The summed E-state index contributed by atoms with van der Waals surface area (Å²) in [6, 6.07) is 8.39. The van der Waals surface area contributed by atoms with Crippen molar-refractivity contribution >= 4 is 23.2 Å². The third-order valence-electron chi connectivity index (χ3n) is 3.21. The van der Waals surface area contributed by atoms with Gasteiger partial charge in [0, 0.05) is 18.3 Å². The standard InChI is InChI=1S/C16H15N3O3/c1-2-4-14(20)18-10-6-7-13-11(9-10)15(21)19-12-5-3-8-17-16(12)22-13/h3,5-9H,2,4H2,1H3,(H,18,20)(H,19,21). The first-order chi connectivity index (χ1) is 10.7. The summed E-state index contributed by atoms with van der Waals surface area (Å²) in [6.07, 6.45) is 2.80. The third kappa shape index (κ3) is 2.76. The van der Waals surface area contributed by atoms with Crippen LogP contribution in [0.15, 0.2) is 36.5 Å². The van der Waals surface area contributed by atoms with Crippen LogP contribution in [0.2, 0.25) is 0 Å². The first-order valence-electron chi connectivity index (χ1n) is 7.05. The predicted octanol–water partition coefficient (Wildman–Crippen LogP) is 3.18. The van der Waals surface area contributed by atoms with Crippen LogP contribution in [0, 0.1) is 0 Å². The molecule has 1 aliphatic heterocycles. The number of benzene rings is 1. The van der Waals surface area contributed by atoms with Gasteiger partial charge in [0.05, 0.1) is 5.56 Å². The van der Waals surface area contributed by atoms with E-state index in [1.165, 1.54) is 0 Å². The van der Waals surface area contributed by atoms with Crippen LogP contribution >= 0.6 is 0 Å². The molecular weight excluding hydrogens is 282 g/mol. The molecule has 6 nitrogen and oxygen atoms in total. The highest BCUT2D eigenvalue weighted by Gasteiger charge is 2.21. The lowest BCUT2D eigenvalue weighted by Gasteiger charge is -2.09. The van der Waals surface area contributed by atoms with Gasteiger partial charge in [0.15, 0.2) is 0 Å². The van der Waals surface area contributed by atoms with Crippen molar-refractivity contribution in [1.29, 1.82) is 0 Å². The molecule has 0 bridgehead atoms. The molecule has 2 amide bonds. The minimum atomic E-state index is -0.298. The molecule has 2 aromatic rings. The van der Waals surface area contributed by atoms with E-state index in [0.29, 0.717) is 35.0 Å². The van der Waals surface area contributed by atoms with Crippen molar-refractivity contribution in [1.82, 2.24) is 4.98 Å². The quantitative estimate of drug-likeness (QED) is 0.911. The van der Waals surface area contributed by atoms with E-state index in [0.717, 1.165) is 6.42 Å². The van der Waals surface area contributed by atoms with Crippen LogP contribution in [0.3, 0.4) is 0 Å². The number of pyridine rings is 1. The molecule has 0 saturated heterocycles. The lowest BCUT2D eigenvalue weighted by atomic mass is 10.1. The Balaban J connectivity index is 1.92. The van der Waals surface area contributed by atoms with Crippen LogP contribution < -0.4 is 15.4 Å². The van der Waals surface area contributed by atoms with Crippen molar-refractivity contribution in [2.24, 2.45) is 0 Å². The fourth-order valence-electron chi connectivity index (χ4n) is 2.19. The summed E-state index contributed by atoms with van der Waals surface area (Å²) in [5, 5.41) is 5.51. The fourth-order valence-corrected chi connectivity index (χ4v) is 2.19. The Labute approximate surface area is 127 Å². The molecule has 1 aromatic carbocycles. The number of fused-ring (bicyclic) bond motifs is 2. The number of rotatable bonds is 3. The third-order valence-corrected chi connectivity index (χ3v) is 3.21. The summed E-state index contributed by atoms with van der Waals surface area (Å²) in [7, 11) is 0. The second kappa shape index (κ2) is 5.85. The topological polar surface area (TPSA) is 80.3 Å². The zero-order valence-corrected chi connectivity index (χ0v) is 12.1. The van der Waals surface area contributed by atoms with Crippen LogP contribution in [-0.2, 0) is 4.79 Å². The number of amides is 2. The second-order valence-electron chi connectivity index (χ2n) is 4.92. The largest absolute Gasteiger partial charge is 0.436 e. The number of carbonyl (C=O) groups is 2. The van der Waals surface area contributed by atoms with Crippen LogP contribution in [0.25, 0.3) is 0 Å². The molecule has 0 unspecified atom stereocenters. The zero-order chi connectivity index (χ0) is 15.5. The molecule has 22 heavy (non-hydrogen) atoms. The lowest BCUT2D eigenvalue weighted by molar-refractivity contribution is -0.116. The number of ether oxygens (including phenoxy) is 1. The minimum absolute atomic E-state index is 0.0812. The summed E-state index contributed by atoms with van der Waals surface area (Å²) >= 11 is 0. The van der Waals surface area contributed by atoms with E-state index in [4.69, 9.17) is 4.74 Å². The summed E-state index contributed by atoms with van der Waals surface area (Å²) in [5.74, 6) is 0.372. The van der Waals surface area contributed by atoms with Gasteiger partial charge in [-0.05, 0) is 36.8 Å². The van der Waals surface area contributed by atoms with E-state index in [1.54, 1.807) is 36.5 Å². The maximum absolute atomic E-state index is 12.3. The van der Waals surface area contributed by atoms with E-state index >= 15 is 0 Å². The molecule has 0 spiro atoms. The van der Waals surface area contributed by atoms with Crippen LogP contribution in [0.1, 0.15) is 30.1 Å². The Kier molecular flexibility index (Phi) is 3.74. The van der Waals surface area contributed by atoms with Gasteiger partial charge in [0.25, 0.3) is 5.91 Å². The first kappa shape index (κ1) is 14.1. The summed E-state index contributed by atoms with van der Waals surface area (Å²) in [4.78, 5) is 28.1. The Morgan fingerprint density at radius 2 is 2.23 bits per heavy atom. The van der Waals surface area contributed by atoms with Gasteiger partial charge >= 0.3 is 0 Å². The Hall–Kier alpha value is -2.89. The molecule has 112 valence electrons. The van der Waals surface area contributed by atoms with Gasteiger partial charge in [-0.15, -0.1) is 0 Å². The maximum Gasteiger partial charge on any atom is 0.259 e. The fraction of sp³-hybridized carbons (Fsp3) is 0.188. The summed E-state index contributed by atoms with van der Waals surface area (Å²) in [6.45, 7) is 1.93. The van der Waals surface area contributed by atoms with Crippen molar-refractivity contribution in [2.75, 3.05) is 10.6 Å². The van der Waals surface area contributed by atoms with Gasteiger partial charge in [0.2, 0.25) is 11.8 Å². The van der Waals surface area contributed by atoms with Gasteiger partial charge < -0.3 is 15.4 Å². The van der Waals surface area contributed by atoms with E-state index in [9.17, 15) is 9.59 Å². The number of carbonyl (C=O) groups excluding carboxylic acids is 2. The SMILES string of the molecule is CCCC(=O)Nc1ccc2c(c1)C(=O)Nc1cccnc1O2. The van der Waals surface area contributed by atoms with E-state index < -0.39 is 0 Å². The van der Waals surface area contributed by atoms with Crippen molar-refractivity contribution in [3.63, 3.8) is 0 Å².